The molecular weight excluding hydrogens is 260 g/mol. The average Bonchev–Trinajstić information content (AvgIpc) is 2.47. The Kier molecular flexibility index (Phi) is 2.64. The zero-order valence-electron chi connectivity index (χ0n) is 11.7. The van der Waals surface area contributed by atoms with E-state index in [9.17, 15) is 0 Å². The molecule has 0 spiro atoms. The SMILES string of the molecule is Cc1ccc(C)c2c1Cc1cc3ccccc3cc1S2. The first-order valence-electron chi connectivity index (χ1n) is 7.01. The molecule has 0 fully saturated rings. The summed E-state index contributed by atoms with van der Waals surface area (Å²) in [7, 11) is 0. The Morgan fingerprint density at radius 1 is 0.850 bits per heavy atom. The van der Waals surface area contributed by atoms with Gasteiger partial charge in [-0.1, -0.05) is 48.2 Å². The lowest BCUT2D eigenvalue weighted by Gasteiger charge is -2.23. The maximum atomic E-state index is 2.36. The van der Waals surface area contributed by atoms with Crippen LogP contribution < -0.4 is 0 Å². The molecule has 0 bridgehead atoms. The van der Waals surface area contributed by atoms with E-state index in [0.29, 0.717) is 0 Å². The molecule has 0 aliphatic carbocycles. The zero-order valence-corrected chi connectivity index (χ0v) is 12.6. The fraction of sp³-hybridized carbons (Fsp3) is 0.158. The second kappa shape index (κ2) is 4.39. The molecule has 0 amide bonds. The molecule has 4 rings (SSSR count). The third kappa shape index (κ3) is 1.77. The van der Waals surface area contributed by atoms with Crippen LogP contribution in [-0.4, -0.2) is 0 Å². The zero-order chi connectivity index (χ0) is 13.7. The minimum atomic E-state index is 1.07. The van der Waals surface area contributed by atoms with Crippen molar-refractivity contribution in [3.63, 3.8) is 0 Å². The van der Waals surface area contributed by atoms with Crippen molar-refractivity contribution in [3.8, 4) is 0 Å². The summed E-state index contributed by atoms with van der Waals surface area (Å²) < 4.78 is 0. The van der Waals surface area contributed by atoms with E-state index in [0.717, 1.165) is 6.42 Å². The fourth-order valence-corrected chi connectivity index (χ4v) is 4.26. The summed E-state index contributed by atoms with van der Waals surface area (Å²) in [4.78, 5) is 2.89. The summed E-state index contributed by atoms with van der Waals surface area (Å²) >= 11 is 1.94. The van der Waals surface area contributed by atoms with E-state index in [1.165, 1.54) is 42.8 Å². The van der Waals surface area contributed by atoms with Gasteiger partial charge in [0.25, 0.3) is 0 Å². The Hall–Kier alpha value is -1.73. The Labute approximate surface area is 123 Å². The van der Waals surface area contributed by atoms with Crippen LogP contribution in [0.3, 0.4) is 0 Å². The molecule has 0 aromatic heterocycles. The van der Waals surface area contributed by atoms with Crippen LogP contribution in [0.25, 0.3) is 10.8 Å². The van der Waals surface area contributed by atoms with Gasteiger partial charge in [-0.3, -0.25) is 0 Å². The van der Waals surface area contributed by atoms with E-state index >= 15 is 0 Å². The summed E-state index contributed by atoms with van der Waals surface area (Å²) in [6, 6.07) is 17.9. The van der Waals surface area contributed by atoms with E-state index in [1.54, 1.807) is 0 Å². The van der Waals surface area contributed by atoms with Crippen LogP contribution in [-0.2, 0) is 6.42 Å². The summed E-state index contributed by atoms with van der Waals surface area (Å²) in [6.07, 6.45) is 1.07. The van der Waals surface area contributed by atoms with Crippen LogP contribution in [0.2, 0.25) is 0 Å². The number of aryl methyl sites for hydroxylation is 2. The monoisotopic (exact) mass is 276 g/mol. The highest BCUT2D eigenvalue weighted by atomic mass is 32.2. The van der Waals surface area contributed by atoms with Gasteiger partial charge in [0.2, 0.25) is 0 Å². The molecule has 0 N–H and O–H groups in total. The van der Waals surface area contributed by atoms with Gasteiger partial charge < -0.3 is 0 Å². The van der Waals surface area contributed by atoms with Crippen LogP contribution in [0.5, 0.6) is 0 Å². The Morgan fingerprint density at radius 2 is 1.55 bits per heavy atom. The topological polar surface area (TPSA) is 0 Å². The largest absolute Gasteiger partial charge is 0.0892 e. The molecular formula is C19H16S. The number of hydrogen-bond donors (Lipinski definition) is 0. The van der Waals surface area contributed by atoms with Crippen LogP contribution in [0.1, 0.15) is 22.3 Å². The highest BCUT2D eigenvalue weighted by Crippen LogP contribution is 2.43. The van der Waals surface area contributed by atoms with Crippen LogP contribution >= 0.6 is 11.8 Å². The van der Waals surface area contributed by atoms with Crippen molar-refractivity contribution < 1.29 is 0 Å². The quantitative estimate of drug-likeness (QED) is 0.408. The first kappa shape index (κ1) is 12.0. The maximum Gasteiger partial charge on any atom is 0.0189 e. The van der Waals surface area contributed by atoms with Crippen molar-refractivity contribution in [2.75, 3.05) is 0 Å². The molecule has 0 saturated heterocycles. The summed E-state index contributed by atoms with van der Waals surface area (Å²) in [5.41, 5.74) is 5.79. The van der Waals surface area contributed by atoms with E-state index < -0.39 is 0 Å². The molecule has 0 saturated carbocycles. The van der Waals surface area contributed by atoms with Crippen molar-refractivity contribution >= 4 is 22.5 Å². The summed E-state index contributed by atoms with van der Waals surface area (Å²) in [6.45, 7) is 4.45. The maximum absolute atomic E-state index is 2.36. The van der Waals surface area contributed by atoms with Crippen molar-refractivity contribution in [1.29, 1.82) is 0 Å². The Bertz CT molecular complexity index is 761. The van der Waals surface area contributed by atoms with Gasteiger partial charge in [0.05, 0.1) is 0 Å². The molecule has 1 heterocycles. The molecule has 3 aromatic rings. The van der Waals surface area contributed by atoms with Gasteiger partial charge in [0, 0.05) is 9.79 Å². The van der Waals surface area contributed by atoms with Crippen LogP contribution in [0.15, 0.2) is 58.3 Å². The van der Waals surface area contributed by atoms with E-state index in [1.807, 2.05) is 11.8 Å². The third-order valence-electron chi connectivity index (χ3n) is 4.20. The van der Waals surface area contributed by atoms with Crippen LogP contribution in [0.4, 0.5) is 0 Å². The number of hydrogen-bond acceptors (Lipinski definition) is 1. The third-order valence-corrected chi connectivity index (χ3v) is 5.57. The Morgan fingerprint density at radius 3 is 2.35 bits per heavy atom. The molecule has 1 heteroatoms. The van der Waals surface area contributed by atoms with Crippen molar-refractivity contribution in [1.82, 2.24) is 0 Å². The lowest BCUT2D eigenvalue weighted by atomic mass is 9.96. The summed E-state index contributed by atoms with van der Waals surface area (Å²) in [5, 5.41) is 2.69. The predicted octanol–water partition coefficient (Wildman–Crippen LogP) is 5.51. The number of benzene rings is 3. The van der Waals surface area contributed by atoms with Crippen molar-refractivity contribution in [3.05, 3.63) is 70.8 Å². The molecule has 20 heavy (non-hydrogen) atoms. The highest BCUT2D eigenvalue weighted by molar-refractivity contribution is 7.99. The lowest BCUT2D eigenvalue weighted by Crippen LogP contribution is -2.03. The van der Waals surface area contributed by atoms with Crippen molar-refractivity contribution in [2.45, 2.75) is 30.1 Å². The highest BCUT2D eigenvalue weighted by Gasteiger charge is 2.19. The second-order valence-corrected chi connectivity index (χ2v) is 6.65. The van der Waals surface area contributed by atoms with Crippen LogP contribution in [0, 0.1) is 13.8 Å². The second-order valence-electron chi connectivity index (χ2n) is 5.59. The van der Waals surface area contributed by atoms with Gasteiger partial charge in [-0.05, 0) is 65.4 Å². The molecule has 0 nitrogen and oxygen atoms in total. The molecule has 1 aliphatic heterocycles. The average molecular weight is 276 g/mol. The Balaban J connectivity index is 1.94. The van der Waals surface area contributed by atoms with E-state index in [2.05, 4.69) is 62.4 Å². The minimum absolute atomic E-state index is 1.07. The minimum Gasteiger partial charge on any atom is -0.0892 e. The normalized spacial score (nSPS) is 13.1. The standard InChI is InChI=1S/C19H16S/c1-12-7-8-13(2)19-17(12)10-16-9-14-5-3-4-6-15(14)11-18(16)20-19/h3-9,11H,10H2,1-2H3. The van der Waals surface area contributed by atoms with E-state index in [4.69, 9.17) is 0 Å². The van der Waals surface area contributed by atoms with Crippen molar-refractivity contribution in [2.24, 2.45) is 0 Å². The van der Waals surface area contributed by atoms with Gasteiger partial charge >= 0.3 is 0 Å². The smallest absolute Gasteiger partial charge is 0.0189 e. The first-order chi connectivity index (χ1) is 9.72. The van der Waals surface area contributed by atoms with Gasteiger partial charge in [0.15, 0.2) is 0 Å². The molecule has 98 valence electrons. The number of rotatable bonds is 0. The van der Waals surface area contributed by atoms with Gasteiger partial charge in [-0.2, -0.15) is 0 Å². The van der Waals surface area contributed by atoms with Gasteiger partial charge in [-0.25, -0.2) is 0 Å². The van der Waals surface area contributed by atoms with E-state index in [-0.39, 0.29) is 0 Å². The van der Waals surface area contributed by atoms with Gasteiger partial charge in [-0.15, -0.1) is 0 Å². The molecule has 3 aromatic carbocycles. The lowest BCUT2D eigenvalue weighted by molar-refractivity contribution is 1.02. The predicted molar refractivity (Wildman–Crippen MR) is 86.8 cm³/mol. The molecule has 0 radical (unpaired) electrons. The summed E-state index contributed by atoms with van der Waals surface area (Å²) in [5.74, 6) is 0. The molecule has 0 atom stereocenters. The fourth-order valence-electron chi connectivity index (χ4n) is 3.01. The number of fused-ring (bicyclic) bond motifs is 3. The molecule has 1 aliphatic rings. The first-order valence-corrected chi connectivity index (χ1v) is 7.82. The van der Waals surface area contributed by atoms with Gasteiger partial charge in [0.1, 0.15) is 0 Å². The molecule has 0 unspecified atom stereocenters.